The molecule has 0 saturated carbocycles. The lowest BCUT2D eigenvalue weighted by Gasteiger charge is -2.19. The van der Waals surface area contributed by atoms with E-state index in [0.29, 0.717) is 0 Å². The number of hydrogen-bond donors (Lipinski definition) is 3. The minimum atomic E-state index is 0.851. The van der Waals surface area contributed by atoms with Crippen LogP contribution in [0.4, 0.5) is 0 Å². The minimum Gasteiger partial charge on any atom is -0.386 e. The molecule has 2 aromatic carbocycles. The molecule has 3 rings (SSSR count). The van der Waals surface area contributed by atoms with E-state index in [4.69, 9.17) is 5.84 Å². The monoisotopic (exact) mass is 261 g/mol. The van der Waals surface area contributed by atoms with Gasteiger partial charge >= 0.3 is 0 Å². The highest BCUT2D eigenvalue weighted by atomic mass is 15.2. The summed E-state index contributed by atoms with van der Waals surface area (Å²) in [5.41, 5.74) is 8.61. The van der Waals surface area contributed by atoms with Crippen molar-refractivity contribution in [3.63, 3.8) is 0 Å². The molecule has 0 saturated heterocycles. The average molecular weight is 261 g/mol. The van der Waals surface area contributed by atoms with Gasteiger partial charge in [-0.1, -0.05) is 48.2 Å². The maximum absolute atomic E-state index is 5.77. The molecule has 1 aliphatic rings. The fraction of sp³-hybridized carbons (Fsp3) is 0.0588. The van der Waals surface area contributed by atoms with Crippen LogP contribution in [0.5, 0.6) is 0 Å². The summed E-state index contributed by atoms with van der Waals surface area (Å²) in [6, 6.07) is 16.0. The van der Waals surface area contributed by atoms with Crippen molar-refractivity contribution in [3.8, 4) is 11.8 Å². The van der Waals surface area contributed by atoms with E-state index < -0.39 is 0 Å². The van der Waals surface area contributed by atoms with E-state index in [2.05, 4.69) is 22.6 Å². The van der Waals surface area contributed by atoms with Crippen molar-refractivity contribution in [2.75, 3.05) is 7.05 Å². The number of nitrogens with one attached hydrogen (secondary N) is 2. The van der Waals surface area contributed by atoms with E-state index in [1.165, 1.54) is 0 Å². The van der Waals surface area contributed by atoms with Crippen molar-refractivity contribution in [1.82, 2.24) is 10.7 Å². The van der Waals surface area contributed by atoms with Crippen LogP contribution in [0.2, 0.25) is 0 Å². The largest absolute Gasteiger partial charge is 0.386 e. The Balaban J connectivity index is 2.39. The molecular weight excluding hydrogens is 246 g/mol. The van der Waals surface area contributed by atoms with E-state index in [9.17, 15) is 0 Å². The third-order valence-corrected chi connectivity index (χ3v) is 3.37. The molecule has 0 aromatic heterocycles. The summed E-state index contributed by atoms with van der Waals surface area (Å²) in [6.45, 7) is 0. The Hall–Kier alpha value is -2.70. The van der Waals surface area contributed by atoms with Crippen LogP contribution in [0.1, 0.15) is 22.3 Å². The molecule has 1 aliphatic carbocycles. The molecule has 0 bridgehead atoms. The first kappa shape index (κ1) is 12.3. The maximum Gasteiger partial charge on any atom is 0.0810 e. The zero-order chi connectivity index (χ0) is 13.9. The molecule has 20 heavy (non-hydrogen) atoms. The number of benzene rings is 2. The van der Waals surface area contributed by atoms with Crippen molar-refractivity contribution in [2.45, 2.75) is 0 Å². The Kier molecular flexibility index (Phi) is 3.16. The van der Waals surface area contributed by atoms with E-state index in [1.807, 2.05) is 55.6 Å². The zero-order valence-electron chi connectivity index (χ0n) is 11.2. The summed E-state index contributed by atoms with van der Waals surface area (Å²) in [5.74, 6) is 12.2. The number of rotatable bonds is 2. The van der Waals surface area contributed by atoms with Gasteiger partial charge in [0.05, 0.1) is 11.4 Å². The Morgan fingerprint density at radius 1 is 0.800 bits per heavy atom. The molecule has 0 amide bonds. The Labute approximate surface area is 118 Å². The number of nitrogens with two attached hydrogens (primary N) is 1. The van der Waals surface area contributed by atoms with Crippen LogP contribution in [0.3, 0.4) is 0 Å². The number of hydrogen-bond acceptors (Lipinski definition) is 3. The predicted octanol–water partition coefficient (Wildman–Crippen LogP) is 1.91. The number of hydrazine groups is 1. The summed E-state index contributed by atoms with van der Waals surface area (Å²) < 4.78 is 0. The summed E-state index contributed by atoms with van der Waals surface area (Å²) in [5, 5.41) is 3.24. The molecular formula is C17H15N3. The Morgan fingerprint density at radius 2 is 1.30 bits per heavy atom. The Morgan fingerprint density at radius 3 is 1.80 bits per heavy atom. The van der Waals surface area contributed by atoms with Crippen molar-refractivity contribution in [3.05, 3.63) is 70.8 Å². The van der Waals surface area contributed by atoms with Crippen LogP contribution in [-0.4, -0.2) is 7.05 Å². The first-order valence-corrected chi connectivity index (χ1v) is 6.44. The van der Waals surface area contributed by atoms with Crippen LogP contribution < -0.4 is 16.6 Å². The quantitative estimate of drug-likeness (QED) is 0.440. The second-order valence-corrected chi connectivity index (χ2v) is 4.49. The van der Waals surface area contributed by atoms with Gasteiger partial charge in [-0.05, 0) is 12.1 Å². The van der Waals surface area contributed by atoms with E-state index >= 15 is 0 Å². The summed E-state index contributed by atoms with van der Waals surface area (Å²) in [6.07, 6.45) is 0. The molecule has 3 heteroatoms. The van der Waals surface area contributed by atoms with Gasteiger partial charge in [-0.3, -0.25) is 5.84 Å². The summed E-state index contributed by atoms with van der Waals surface area (Å²) in [7, 11) is 1.89. The van der Waals surface area contributed by atoms with Gasteiger partial charge in [-0.2, -0.15) is 0 Å². The molecule has 0 unspecified atom stereocenters. The van der Waals surface area contributed by atoms with Gasteiger partial charge in [0.15, 0.2) is 0 Å². The van der Waals surface area contributed by atoms with Crippen molar-refractivity contribution >= 4 is 11.4 Å². The topological polar surface area (TPSA) is 50.1 Å². The molecule has 0 fully saturated rings. The van der Waals surface area contributed by atoms with E-state index in [-0.39, 0.29) is 0 Å². The molecule has 0 spiro atoms. The third-order valence-electron chi connectivity index (χ3n) is 3.37. The standard InChI is InChI=1S/C17H15N3/c1-19-16-14-8-4-2-6-12(14)10-11-13-7-3-5-9-15(13)17(16)20-18/h2-9,19-20H,18H2,1H3/b16-14?,17-15?,17-16-. The summed E-state index contributed by atoms with van der Waals surface area (Å²) in [4.78, 5) is 0. The molecule has 98 valence electrons. The van der Waals surface area contributed by atoms with Crippen molar-refractivity contribution < 1.29 is 0 Å². The lowest BCUT2D eigenvalue weighted by Crippen LogP contribution is -2.25. The van der Waals surface area contributed by atoms with Gasteiger partial charge in [0.2, 0.25) is 0 Å². The van der Waals surface area contributed by atoms with E-state index in [1.54, 1.807) is 0 Å². The van der Waals surface area contributed by atoms with Gasteiger partial charge < -0.3 is 10.7 Å². The fourth-order valence-corrected chi connectivity index (χ4v) is 2.43. The van der Waals surface area contributed by atoms with Crippen LogP contribution in [-0.2, 0) is 0 Å². The normalized spacial score (nSPS) is 15.9. The van der Waals surface area contributed by atoms with Crippen molar-refractivity contribution in [2.24, 2.45) is 5.84 Å². The number of fused-ring (bicyclic) bond motifs is 2. The average Bonchev–Trinajstić information content (AvgIpc) is 2.49. The van der Waals surface area contributed by atoms with Crippen LogP contribution in [0.15, 0.2) is 48.5 Å². The maximum atomic E-state index is 5.77. The lowest BCUT2D eigenvalue weighted by molar-refractivity contribution is 0.975. The lowest BCUT2D eigenvalue weighted by atomic mass is 9.95. The second kappa shape index (κ2) is 5.12. The van der Waals surface area contributed by atoms with Gasteiger partial charge in [0, 0.05) is 29.3 Å². The molecule has 2 aromatic rings. The van der Waals surface area contributed by atoms with Crippen molar-refractivity contribution in [1.29, 1.82) is 0 Å². The van der Waals surface area contributed by atoms with Crippen LogP contribution in [0.25, 0.3) is 11.4 Å². The van der Waals surface area contributed by atoms with Crippen LogP contribution >= 0.6 is 0 Å². The first-order chi connectivity index (χ1) is 9.85. The van der Waals surface area contributed by atoms with Gasteiger partial charge in [-0.25, -0.2) is 0 Å². The fourth-order valence-electron chi connectivity index (χ4n) is 2.43. The highest BCUT2D eigenvalue weighted by molar-refractivity contribution is 5.92. The third kappa shape index (κ3) is 1.93. The van der Waals surface area contributed by atoms with E-state index in [0.717, 1.165) is 33.6 Å². The molecule has 3 nitrogen and oxygen atoms in total. The second-order valence-electron chi connectivity index (χ2n) is 4.49. The van der Waals surface area contributed by atoms with Gasteiger partial charge in [0.1, 0.15) is 0 Å². The molecule has 4 N–H and O–H groups in total. The minimum absolute atomic E-state index is 0.851. The molecule has 0 heterocycles. The SMILES string of the molecule is CN/C1=C(\NN)c2ccccc2C#Cc2ccccc21. The molecule has 0 radical (unpaired) electrons. The Bertz CT molecular complexity index is 687. The first-order valence-electron chi connectivity index (χ1n) is 6.44. The molecule has 0 atom stereocenters. The van der Waals surface area contributed by atoms with Crippen LogP contribution in [0, 0.1) is 11.8 Å². The predicted molar refractivity (Wildman–Crippen MR) is 82.1 cm³/mol. The summed E-state index contributed by atoms with van der Waals surface area (Å²) >= 11 is 0. The van der Waals surface area contributed by atoms with Gasteiger partial charge in [0.25, 0.3) is 0 Å². The van der Waals surface area contributed by atoms with Gasteiger partial charge in [-0.15, -0.1) is 0 Å². The smallest absolute Gasteiger partial charge is 0.0810 e. The highest BCUT2D eigenvalue weighted by Crippen LogP contribution is 2.27. The zero-order valence-corrected chi connectivity index (χ0v) is 11.2. The highest BCUT2D eigenvalue weighted by Gasteiger charge is 2.16. The molecule has 0 aliphatic heterocycles.